The van der Waals surface area contributed by atoms with Gasteiger partial charge in [-0.2, -0.15) is 0 Å². The second kappa shape index (κ2) is 3.98. The smallest absolute Gasteiger partial charge is 0.278 e. The summed E-state index contributed by atoms with van der Waals surface area (Å²) in [6.45, 7) is 7.02. The Hall–Kier alpha value is -1.42. The molecular formula is C11H15NO3. The van der Waals surface area contributed by atoms with E-state index in [1.54, 1.807) is 13.8 Å². The molecule has 1 N–H and O–H groups in total. The summed E-state index contributed by atoms with van der Waals surface area (Å²) in [6.07, 6.45) is 0. The van der Waals surface area contributed by atoms with Gasteiger partial charge in [0.15, 0.2) is 0 Å². The summed E-state index contributed by atoms with van der Waals surface area (Å²) in [5.74, 6) is 0. The van der Waals surface area contributed by atoms with E-state index in [9.17, 15) is 15.2 Å². The minimum atomic E-state index is -0.416. The fourth-order valence-electron chi connectivity index (χ4n) is 1.81. The van der Waals surface area contributed by atoms with Gasteiger partial charge in [0.1, 0.15) is 0 Å². The third-order valence-electron chi connectivity index (χ3n) is 3.12. The van der Waals surface area contributed by atoms with Gasteiger partial charge < -0.3 is 5.11 Å². The van der Waals surface area contributed by atoms with Crippen molar-refractivity contribution in [2.45, 2.75) is 34.3 Å². The number of benzene rings is 1. The first-order valence-corrected chi connectivity index (χ1v) is 4.76. The molecule has 0 aliphatic heterocycles. The molecule has 1 aromatic rings. The number of aliphatic hydroxyl groups excluding tert-OH is 1. The van der Waals surface area contributed by atoms with Gasteiger partial charge in [0.2, 0.25) is 0 Å². The molecule has 1 rings (SSSR count). The third kappa shape index (κ3) is 1.72. The van der Waals surface area contributed by atoms with Crippen LogP contribution in [0, 0.1) is 37.8 Å². The first-order chi connectivity index (χ1) is 6.91. The molecule has 4 heteroatoms. The Balaban J connectivity index is 3.70. The molecule has 0 unspecified atom stereocenters. The Kier molecular flexibility index (Phi) is 3.09. The number of rotatable bonds is 2. The number of nitro groups is 1. The Bertz CT molecular complexity index is 425. The van der Waals surface area contributed by atoms with E-state index in [1.807, 2.05) is 13.8 Å². The summed E-state index contributed by atoms with van der Waals surface area (Å²) in [7, 11) is 0. The van der Waals surface area contributed by atoms with E-state index in [-0.39, 0.29) is 12.3 Å². The van der Waals surface area contributed by atoms with Crippen molar-refractivity contribution in [1.29, 1.82) is 0 Å². The fourth-order valence-corrected chi connectivity index (χ4v) is 1.81. The molecule has 15 heavy (non-hydrogen) atoms. The number of nitro benzene ring substituents is 1. The Morgan fingerprint density at radius 3 is 1.93 bits per heavy atom. The average molecular weight is 209 g/mol. The lowest BCUT2D eigenvalue weighted by atomic mass is 9.93. The van der Waals surface area contributed by atoms with E-state index in [1.165, 1.54) is 0 Å². The van der Waals surface area contributed by atoms with Crippen LogP contribution in [0.1, 0.15) is 27.8 Å². The summed E-state index contributed by atoms with van der Waals surface area (Å²) in [4.78, 5) is 10.5. The Labute approximate surface area is 88.7 Å². The van der Waals surface area contributed by atoms with Crippen LogP contribution in [0.2, 0.25) is 0 Å². The van der Waals surface area contributed by atoms with Crippen LogP contribution in [-0.2, 0) is 6.61 Å². The third-order valence-corrected chi connectivity index (χ3v) is 3.12. The predicted molar refractivity (Wildman–Crippen MR) is 58.0 cm³/mol. The van der Waals surface area contributed by atoms with Crippen LogP contribution in [0.25, 0.3) is 0 Å². The molecule has 4 nitrogen and oxygen atoms in total. The maximum absolute atomic E-state index is 10.9. The zero-order chi connectivity index (χ0) is 11.7. The highest BCUT2D eigenvalue weighted by molar-refractivity contribution is 5.58. The zero-order valence-corrected chi connectivity index (χ0v) is 9.42. The number of hydrogen-bond donors (Lipinski definition) is 1. The van der Waals surface area contributed by atoms with Gasteiger partial charge in [-0.15, -0.1) is 0 Å². The molecule has 0 radical (unpaired) electrons. The lowest BCUT2D eigenvalue weighted by Crippen LogP contribution is -2.05. The van der Waals surface area contributed by atoms with E-state index in [0.29, 0.717) is 11.1 Å². The van der Waals surface area contributed by atoms with E-state index < -0.39 is 4.92 Å². The van der Waals surface area contributed by atoms with Gasteiger partial charge in [0.05, 0.1) is 17.1 Å². The molecule has 0 atom stereocenters. The molecule has 1 aromatic carbocycles. The van der Waals surface area contributed by atoms with Gasteiger partial charge in [-0.3, -0.25) is 10.1 Å². The highest BCUT2D eigenvalue weighted by Gasteiger charge is 2.22. The molecule has 0 heterocycles. The molecule has 0 aliphatic rings. The number of aliphatic hydroxyl groups is 1. The van der Waals surface area contributed by atoms with Crippen molar-refractivity contribution in [2.24, 2.45) is 0 Å². The first kappa shape index (κ1) is 11.7. The average Bonchev–Trinajstić information content (AvgIpc) is 2.19. The minimum Gasteiger partial charge on any atom is -0.391 e. The second-order valence-electron chi connectivity index (χ2n) is 3.74. The largest absolute Gasteiger partial charge is 0.391 e. The molecule has 0 amide bonds. The van der Waals surface area contributed by atoms with Crippen molar-refractivity contribution in [2.75, 3.05) is 0 Å². The second-order valence-corrected chi connectivity index (χ2v) is 3.74. The van der Waals surface area contributed by atoms with Crippen molar-refractivity contribution < 1.29 is 10.0 Å². The lowest BCUT2D eigenvalue weighted by molar-refractivity contribution is -0.386. The van der Waals surface area contributed by atoms with Crippen molar-refractivity contribution in [3.05, 3.63) is 37.9 Å². The molecular weight excluding hydrogens is 194 g/mol. The summed E-state index contributed by atoms with van der Waals surface area (Å²) >= 11 is 0. The van der Waals surface area contributed by atoms with Crippen molar-refractivity contribution >= 4 is 5.69 Å². The van der Waals surface area contributed by atoms with E-state index in [4.69, 9.17) is 0 Å². The number of nitrogens with zero attached hydrogens (tertiary/aromatic N) is 1. The molecule has 0 saturated heterocycles. The van der Waals surface area contributed by atoms with Gasteiger partial charge in [0.25, 0.3) is 5.69 Å². The van der Waals surface area contributed by atoms with Gasteiger partial charge in [-0.05, 0) is 44.4 Å². The molecule has 0 spiro atoms. The van der Waals surface area contributed by atoms with Gasteiger partial charge in [-0.1, -0.05) is 0 Å². The highest BCUT2D eigenvalue weighted by atomic mass is 16.6. The summed E-state index contributed by atoms with van der Waals surface area (Å²) in [5, 5.41) is 20.1. The molecule has 0 aromatic heterocycles. The SMILES string of the molecule is Cc1c(C)c(C)c([N+](=O)[O-])c(CO)c1C. The van der Waals surface area contributed by atoms with Gasteiger partial charge in [0, 0.05) is 5.56 Å². The van der Waals surface area contributed by atoms with E-state index >= 15 is 0 Å². The fraction of sp³-hybridized carbons (Fsp3) is 0.455. The van der Waals surface area contributed by atoms with Crippen LogP contribution < -0.4 is 0 Å². The first-order valence-electron chi connectivity index (χ1n) is 4.76. The molecule has 0 bridgehead atoms. The van der Waals surface area contributed by atoms with Crippen molar-refractivity contribution in [1.82, 2.24) is 0 Å². The summed E-state index contributed by atoms with van der Waals surface area (Å²) < 4.78 is 0. The van der Waals surface area contributed by atoms with Crippen LogP contribution in [0.5, 0.6) is 0 Å². The topological polar surface area (TPSA) is 63.4 Å². The Morgan fingerprint density at radius 1 is 1.07 bits per heavy atom. The van der Waals surface area contributed by atoms with Crippen LogP contribution in [0.3, 0.4) is 0 Å². The maximum atomic E-state index is 10.9. The van der Waals surface area contributed by atoms with Crippen molar-refractivity contribution in [3.63, 3.8) is 0 Å². The molecule has 0 saturated carbocycles. The van der Waals surface area contributed by atoms with E-state index in [2.05, 4.69) is 0 Å². The standard InChI is InChI=1S/C11H15NO3/c1-6-7(2)9(4)11(12(14)15)10(5-13)8(6)3/h13H,5H2,1-4H3. The molecule has 82 valence electrons. The normalized spacial score (nSPS) is 10.5. The quantitative estimate of drug-likeness (QED) is 0.600. The predicted octanol–water partition coefficient (Wildman–Crippen LogP) is 2.32. The number of hydrogen-bond acceptors (Lipinski definition) is 3. The summed E-state index contributed by atoms with van der Waals surface area (Å²) in [5.41, 5.74) is 3.89. The monoisotopic (exact) mass is 209 g/mol. The Morgan fingerprint density at radius 2 is 1.53 bits per heavy atom. The van der Waals surface area contributed by atoms with Crippen LogP contribution in [0.4, 0.5) is 5.69 Å². The minimum absolute atomic E-state index is 0.0538. The molecule has 0 aliphatic carbocycles. The summed E-state index contributed by atoms with van der Waals surface area (Å²) in [6, 6.07) is 0. The maximum Gasteiger partial charge on any atom is 0.278 e. The molecule has 0 fully saturated rings. The zero-order valence-electron chi connectivity index (χ0n) is 9.42. The highest BCUT2D eigenvalue weighted by Crippen LogP contribution is 2.32. The van der Waals surface area contributed by atoms with Crippen LogP contribution in [-0.4, -0.2) is 10.0 Å². The van der Waals surface area contributed by atoms with Gasteiger partial charge >= 0.3 is 0 Å². The lowest BCUT2D eigenvalue weighted by Gasteiger charge is -2.13. The van der Waals surface area contributed by atoms with Crippen molar-refractivity contribution in [3.8, 4) is 0 Å². The van der Waals surface area contributed by atoms with E-state index in [0.717, 1.165) is 16.7 Å². The van der Waals surface area contributed by atoms with Crippen LogP contribution >= 0.6 is 0 Å². The van der Waals surface area contributed by atoms with Gasteiger partial charge in [-0.25, -0.2) is 0 Å². The van der Waals surface area contributed by atoms with Crippen LogP contribution in [0.15, 0.2) is 0 Å².